The van der Waals surface area contributed by atoms with Crippen molar-refractivity contribution in [3.05, 3.63) is 69.5 Å². The van der Waals surface area contributed by atoms with Crippen LogP contribution in [-0.4, -0.2) is 29.5 Å². The van der Waals surface area contributed by atoms with Crippen LogP contribution in [0.4, 0.5) is 10.1 Å². The lowest BCUT2D eigenvalue weighted by molar-refractivity contribution is -0.385. The van der Waals surface area contributed by atoms with Crippen molar-refractivity contribution in [1.82, 2.24) is 5.32 Å². The molecule has 1 N–H and O–H groups in total. The predicted octanol–water partition coefficient (Wildman–Crippen LogP) is 2.99. The number of hydrogen-bond acceptors (Lipinski definition) is 6. The van der Waals surface area contributed by atoms with Gasteiger partial charge in [-0.05, 0) is 43.7 Å². The number of amides is 1. The van der Waals surface area contributed by atoms with Gasteiger partial charge in [-0.25, -0.2) is 9.18 Å². The smallest absolute Gasteiger partial charge is 0.339 e. The van der Waals surface area contributed by atoms with E-state index >= 15 is 0 Å². The van der Waals surface area contributed by atoms with Gasteiger partial charge >= 0.3 is 11.7 Å². The SMILES string of the molecule is CCOc1ccc(C(=O)O[C@H](C)C(=O)NCc2ccc(F)cc2)cc1[N+](=O)[O-]. The zero-order valence-corrected chi connectivity index (χ0v) is 15.3. The third-order valence-electron chi connectivity index (χ3n) is 3.72. The molecule has 0 heterocycles. The molecule has 8 nitrogen and oxygen atoms in total. The number of carbonyl (C=O) groups excluding carboxylic acids is 2. The van der Waals surface area contributed by atoms with Crippen LogP contribution in [-0.2, 0) is 16.1 Å². The molecule has 148 valence electrons. The van der Waals surface area contributed by atoms with Gasteiger partial charge < -0.3 is 14.8 Å². The Kier molecular flexibility index (Phi) is 7.02. The third-order valence-corrected chi connectivity index (χ3v) is 3.72. The van der Waals surface area contributed by atoms with Gasteiger partial charge in [-0.1, -0.05) is 12.1 Å². The van der Waals surface area contributed by atoms with Crippen LogP contribution in [0.5, 0.6) is 5.75 Å². The van der Waals surface area contributed by atoms with Crippen molar-refractivity contribution in [3.8, 4) is 5.75 Å². The summed E-state index contributed by atoms with van der Waals surface area (Å²) in [5.74, 6) is -1.79. The number of hydrogen-bond donors (Lipinski definition) is 1. The van der Waals surface area contributed by atoms with Gasteiger partial charge in [0.15, 0.2) is 11.9 Å². The molecule has 0 aromatic heterocycles. The van der Waals surface area contributed by atoms with Crippen molar-refractivity contribution < 1.29 is 28.4 Å². The first-order valence-corrected chi connectivity index (χ1v) is 8.46. The normalized spacial score (nSPS) is 11.4. The molecular weight excluding hydrogens is 371 g/mol. The van der Waals surface area contributed by atoms with E-state index in [-0.39, 0.29) is 36.0 Å². The highest BCUT2D eigenvalue weighted by atomic mass is 19.1. The van der Waals surface area contributed by atoms with Gasteiger partial charge in [-0.2, -0.15) is 0 Å². The van der Waals surface area contributed by atoms with Crippen LogP contribution in [0, 0.1) is 15.9 Å². The number of nitro groups is 1. The topological polar surface area (TPSA) is 108 Å². The number of benzene rings is 2. The fraction of sp³-hybridized carbons (Fsp3) is 0.263. The minimum Gasteiger partial charge on any atom is -0.487 e. The molecule has 28 heavy (non-hydrogen) atoms. The number of nitro benzene ring substituents is 1. The second-order valence-corrected chi connectivity index (χ2v) is 5.76. The molecule has 0 aliphatic carbocycles. The predicted molar refractivity (Wildman–Crippen MR) is 97.4 cm³/mol. The van der Waals surface area contributed by atoms with Crippen LogP contribution >= 0.6 is 0 Å². The van der Waals surface area contributed by atoms with E-state index in [1.807, 2.05) is 0 Å². The van der Waals surface area contributed by atoms with E-state index < -0.39 is 22.9 Å². The molecule has 0 radical (unpaired) electrons. The van der Waals surface area contributed by atoms with Gasteiger partial charge in [0.05, 0.1) is 17.1 Å². The number of rotatable bonds is 8. The van der Waals surface area contributed by atoms with Crippen molar-refractivity contribution in [1.29, 1.82) is 0 Å². The van der Waals surface area contributed by atoms with Crippen molar-refractivity contribution in [2.75, 3.05) is 6.61 Å². The maximum atomic E-state index is 12.9. The van der Waals surface area contributed by atoms with Gasteiger partial charge in [-0.15, -0.1) is 0 Å². The summed E-state index contributed by atoms with van der Waals surface area (Å²) >= 11 is 0. The minimum atomic E-state index is -1.13. The molecule has 0 saturated carbocycles. The lowest BCUT2D eigenvalue weighted by atomic mass is 10.2. The molecule has 1 atom stereocenters. The second-order valence-electron chi connectivity index (χ2n) is 5.76. The van der Waals surface area contributed by atoms with Crippen LogP contribution in [0.25, 0.3) is 0 Å². The molecule has 0 fully saturated rings. The maximum absolute atomic E-state index is 12.9. The summed E-state index contributed by atoms with van der Waals surface area (Å²) < 4.78 is 23.1. The van der Waals surface area contributed by atoms with Crippen molar-refractivity contribution in [3.63, 3.8) is 0 Å². The Morgan fingerprint density at radius 3 is 2.50 bits per heavy atom. The molecule has 2 rings (SSSR count). The van der Waals surface area contributed by atoms with E-state index in [9.17, 15) is 24.1 Å². The van der Waals surface area contributed by atoms with E-state index in [0.29, 0.717) is 5.56 Å². The van der Waals surface area contributed by atoms with Gasteiger partial charge in [0.25, 0.3) is 5.91 Å². The largest absolute Gasteiger partial charge is 0.487 e. The molecule has 2 aromatic carbocycles. The van der Waals surface area contributed by atoms with Gasteiger partial charge in [-0.3, -0.25) is 14.9 Å². The molecule has 9 heteroatoms. The van der Waals surface area contributed by atoms with Crippen LogP contribution in [0.3, 0.4) is 0 Å². The quantitative estimate of drug-likeness (QED) is 0.422. The monoisotopic (exact) mass is 390 g/mol. The molecule has 0 bridgehead atoms. The number of nitrogens with zero attached hydrogens (tertiary/aromatic N) is 1. The fourth-order valence-corrected chi connectivity index (χ4v) is 2.28. The Bertz CT molecular complexity index is 869. The molecule has 1 amide bonds. The standard InChI is InChI=1S/C19H19FN2O6/c1-3-27-17-9-6-14(10-16(17)22(25)26)19(24)28-12(2)18(23)21-11-13-4-7-15(20)8-5-13/h4-10,12H,3,11H2,1-2H3,(H,21,23)/t12-/m1/s1. The Balaban J connectivity index is 1.98. The maximum Gasteiger partial charge on any atom is 0.339 e. The highest BCUT2D eigenvalue weighted by Gasteiger charge is 2.22. The first kappa shape index (κ1) is 20.8. The summed E-state index contributed by atoms with van der Waals surface area (Å²) in [5, 5.41) is 13.7. The minimum absolute atomic E-state index is 0.0362. The number of esters is 1. The Morgan fingerprint density at radius 1 is 1.21 bits per heavy atom. The van der Waals surface area contributed by atoms with Crippen molar-refractivity contribution in [2.45, 2.75) is 26.5 Å². The second kappa shape index (κ2) is 9.45. The molecule has 0 aliphatic rings. The molecule has 2 aromatic rings. The van der Waals surface area contributed by atoms with Gasteiger partial charge in [0, 0.05) is 12.6 Å². The molecular formula is C19H19FN2O6. The summed E-state index contributed by atoms with van der Waals surface area (Å²) in [4.78, 5) is 34.7. The number of nitrogens with one attached hydrogen (secondary N) is 1. The third kappa shape index (κ3) is 5.50. The Hall–Kier alpha value is -3.49. The average molecular weight is 390 g/mol. The number of halogens is 1. The summed E-state index contributed by atoms with van der Waals surface area (Å²) in [6, 6.07) is 9.24. The van der Waals surface area contributed by atoms with E-state index in [1.54, 1.807) is 6.92 Å². The zero-order valence-electron chi connectivity index (χ0n) is 15.3. The lowest BCUT2D eigenvalue weighted by Crippen LogP contribution is -2.35. The van der Waals surface area contributed by atoms with Gasteiger partial charge in [0.1, 0.15) is 5.82 Å². The van der Waals surface area contributed by atoms with Crippen LogP contribution in [0.2, 0.25) is 0 Å². The van der Waals surface area contributed by atoms with Crippen molar-refractivity contribution >= 4 is 17.6 Å². The summed E-state index contributed by atoms with van der Waals surface area (Å²) in [5.41, 5.74) is 0.230. The number of ether oxygens (including phenoxy) is 2. The van der Waals surface area contributed by atoms with Crippen LogP contribution in [0.1, 0.15) is 29.8 Å². The van der Waals surface area contributed by atoms with E-state index in [2.05, 4.69) is 5.32 Å². The fourth-order valence-electron chi connectivity index (χ4n) is 2.28. The highest BCUT2D eigenvalue weighted by molar-refractivity contribution is 5.93. The summed E-state index contributed by atoms with van der Waals surface area (Å²) in [6.07, 6.45) is -1.13. The highest BCUT2D eigenvalue weighted by Crippen LogP contribution is 2.28. The first-order valence-electron chi connectivity index (χ1n) is 8.46. The zero-order chi connectivity index (χ0) is 20.7. The molecule has 0 saturated heterocycles. The number of carbonyl (C=O) groups is 2. The average Bonchev–Trinajstić information content (AvgIpc) is 2.67. The lowest BCUT2D eigenvalue weighted by Gasteiger charge is -2.14. The Labute approximate surface area is 160 Å². The van der Waals surface area contributed by atoms with E-state index in [0.717, 1.165) is 6.07 Å². The van der Waals surface area contributed by atoms with Crippen LogP contribution < -0.4 is 10.1 Å². The molecule has 0 unspecified atom stereocenters. The summed E-state index contributed by atoms with van der Waals surface area (Å²) in [7, 11) is 0. The summed E-state index contributed by atoms with van der Waals surface area (Å²) in [6.45, 7) is 3.42. The van der Waals surface area contributed by atoms with E-state index in [4.69, 9.17) is 9.47 Å². The Morgan fingerprint density at radius 2 is 1.89 bits per heavy atom. The van der Waals surface area contributed by atoms with Gasteiger partial charge in [0.2, 0.25) is 0 Å². The molecule has 0 aliphatic heterocycles. The van der Waals surface area contributed by atoms with Crippen molar-refractivity contribution in [2.24, 2.45) is 0 Å². The van der Waals surface area contributed by atoms with Crippen LogP contribution in [0.15, 0.2) is 42.5 Å². The first-order chi connectivity index (χ1) is 13.3. The molecule has 0 spiro atoms. The van der Waals surface area contributed by atoms with E-state index in [1.165, 1.54) is 43.3 Å².